The van der Waals surface area contributed by atoms with E-state index in [-0.39, 0.29) is 0 Å². The van der Waals surface area contributed by atoms with Crippen LogP contribution in [0.3, 0.4) is 0 Å². The molecule has 8 heteroatoms. The molecule has 0 unspecified atom stereocenters. The van der Waals surface area contributed by atoms with Gasteiger partial charge in [-0.05, 0) is 12.1 Å². The number of hydrogen-bond acceptors (Lipinski definition) is 8. The second kappa shape index (κ2) is 9.77. The van der Waals surface area contributed by atoms with Gasteiger partial charge in [0.15, 0.2) is 35.6 Å². The van der Waals surface area contributed by atoms with Gasteiger partial charge in [0.25, 0.3) is 0 Å². The molecule has 8 nitrogen and oxygen atoms in total. The number of benzene rings is 2. The zero-order valence-corrected chi connectivity index (χ0v) is 15.1. The first-order chi connectivity index (χ1) is 12.4. The molecule has 0 saturated heterocycles. The minimum absolute atomic E-state index is 0.382. The molecule has 0 spiro atoms. The van der Waals surface area contributed by atoms with Gasteiger partial charge >= 0.3 is 0 Å². The zero-order valence-electron chi connectivity index (χ0n) is 15.1. The lowest BCUT2D eigenvalue weighted by Crippen LogP contribution is -1.97. The molecular weight excluding hydrogens is 340 g/mol. The van der Waals surface area contributed by atoms with Crippen molar-refractivity contribution in [1.82, 2.24) is 0 Å². The zero-order chi connectivity index (χ0) is 19.7. The first-order valence-corrected chi connectivity index (χ1v) is 7.38. The summed E-state index contributed by atoms with van der Waals surface area (Å²) < 4.78 is 20.0. The molecule has 0 heterocycles. The Hall–Kier alpha value is -3.42. The van der Waals surface area contributed by atoms with Crippen molar-refractivity contribution < 1.29 is 28.5 Å². The summed E-state index contributed by atoms with van der Waals surface area (Å²) in [5, 5.41) is 0. The molecule has 0 aliphatic carbocycles. The average Bonchev–Trinajstić information content (AvgIpc) is 2.67. The molecule has 0 bridgehead atoms. The topological polar surface area (TPSA) is 123 Å². The monoisotopic (exact) mass is 362 g/mol. The van der Waals surface area contributed by atoms with E-state index in [0.717, 1.165) is 0 Å². The van der Waals surface area contributed by atoms with Crippen molar-refractivity contribution in [2.45, 2.75) is 0 Å². The van der Waals surface area contributed by atoms with Gasteiger partial charge in [0, 0.05) is 34.6 Å². The van der Waals surface area contributed by atoms with Crippen LogP contribution in [0, 0.1) is 0 Å². The Morgan fingerprint density at radius 2 is 0.885 bits per heavy atom. The quantitative estimate of drug-likeness (QED) is 0.592. The summed E-state index contributed by atoms with van der Waals surface area (Å²) in [7, 11) is 6.03. The van der Waals surface area contributed by atoms with E-state index < -0.39 is 0 Å². The van der Waals surface area contributed by atoms with Crippen LogP contribution in [-0.4, -0.2) is 41.0 Å². The van der Waals surface area contributed by atoms with Crippen molar-refractivity contribution in [1.29, 1.82) is 0 Å². The van der Waals surface area contributed by atoms with Gasteiger partial charge in [-0.2, -0.15) is 0 Å². The Morgan fingerprint density at radius 1 is 0.615 bits per heavy atom. The van der Waals surface area contributed by atoms with Crippen LogP contribution in [0.2, 0.25) is 0 Å². The Bertz CT molecular complexity index is 711. The van der Waals surface area contributed by atoms with Crippen LogP contribution < -0.4 is 30.4 Å². The van der Waals surface area contributed by atoms with Gasteiger partial charge in [-0.1, -0.05) is 0 Å². The number of hydrogen-bond donors (Lipinski definition) is 2. The van der Waals surface area contributed by atoms with Gasteiger partial charge in [-0.25, -0.2) is 0 Å². The third-order valence-electron chi connectivity index (χ3n) is 3.43. The first kappa shape index (κ1) is 20.6. The number of nitrogens with two attached hydrogens (primary N) is 2. The van der Waals surface area contributed by atoms with Crippen molar-refractivity contribution in [2.24, 2.45) is 0 Å². The third-order valence-corrected chi connectivity index (χ3v) is 3.43. The number of carbonyl (C=O) groups excluding carboxylic acids is 2. The summed E-state index contributed by atoms with van der Waals surface area (Å²) in [5.41, 5.74) is 12.7. The van der Waals surface area contributed by atoms with Crippen molar-refractivity contribution in [2.75, 3.05) is 39.9 Å². The summed E-state index contributed by atoms with van der Waals surface area (Å²) in [6.07, 6.45) is 1.36. The van der Waals surface area contributed by atoms with Crippen LogP contribution in [-0.2, 0) is 0 Å². The smallest absolute Gasteiger partial charge is 0.162 e. The summed E-state index contributed by atoms with van der Waals surface area (Å²) in [6.45, 7) is 0. The fourth-order valence-corrected chi connectivity index (χ4v) is 2.02. The predicted octanol–water partition coefficient (Wildman–Crippen LogP) is 2.20. The summed E-state index contributed by atoms with van der Waals surface area (Å²) >= 11 is 0. The second-order valence-corrected chi connectivity index (χ2v) is 4.91. The van der Waals surface area contributed by atoms with E-state index in [1.54, 1.807) is 24.3 Å². The highest BCUT2D eigenvalue weighted by molar-refractivity contribution is 5.85. The van der Waals surface area contributed by atoms with Crippen LogP contribution >= 0.6 is 0 Å². The summed E-state index contributed by atoms with van der Waals surface area (Å²) in [4.78, 5) is 21.0. The maximum Gasteiger partial charge on any atom is 0.162 e. The molecule has 0 radical (unpaired) electrons. The molecule has 0 amide bonds. The maximum absolute atomic E-state index is 10.5. The third kappa shape index (κ3) is 4.79. The number of nitrogen functional groups attached to an aromatic ring is 2. The van der Waals surface area contributed by atoms with Crippen LogP contribution in [0.4, 0.5) is 11.4 Å². The van der Waals surface area contributed by atoms with Gasteiger partial charge in [0.1, 0.15) is 0 Å². The van der Waals surface area contributed by atoms with E-state index in [4.69, 9.17) is 30.4 Å². The fraction of sp³-hybridized carbons (Fsp3) is 0.222. The molecule has 4 N–H and O–H groups in total. The first-order valence-electron chi connectivity index (χ1n) is 7.38. The standard InChI is InChI=1S/2C9H11NO3/c2*1-12-8-3-6(5-11)7(10)4-9(8)13-2/h2*3-5H,10H2,1-2H3. The Morgan fingerprint density at radius 3 is 1.12 bits per heavy atom. The normalized spacial score (nSPS) is 9.38. The van der Waals surface area contributed by atoms with Crippen molar-refractivity contribution in [3.63, 3.8) is 0 Å². The molecule has 0 atom stereocenters. The van der Waals surface area contributed by atoms with Crippen LogP contribution in [0.5, 0.6) is 23.0 Å². The molecule has 140 valence electrons. The average molecular weight is 362 g/mol. The lowest BCUT2D eigenvalue weighted by atomic mass is 10.2. The number of aldehydes is 2. The van der Waals surface area contributed by atoms with Gasteiger partial charge in [0.05, 0.1) is 28.4 Å². The van der Waals surface area contributed by atoms with Gasteiger partial charge in [-0.15, -0.1) is 0 Å². The van der Waals surface area contributed by atoms with Crippen LogP contribution in [0.15, 0.2) is 24.3 Å². The highest BCUT2D eigenvalue weighted by Crippen LogP contribution is 2.31. The number of rotatable bonds is 6. The molecule has 0 aliphatic rings. The van der Waals surface area contributed by atoms with E-state index in [0.29, 0.717) is 58.1 Å². The van der Waals surface area contributed by atoms with Gasteiger partial charge in [-0.3, -0.25) is 9.59 Å². The highest BCUT2D eigenvalue weighted by Gasteiger charge is 2.08. The summed E-state index contributed by atoms with van der Waals surface area (Å²) in [5.74, 6) is 2.04. The molecule has 0 saturated carbocycles. The highest BCUT2D eigenvalue weighted by atomic mass is 16.5. The molecule has 2 aromatic rings. The van der Waals surface area contributed by atoms with Crippen LogP contribution in [0.25, 0.3) is 0 Å². The lowest BCUT2D eigenvalue weighted by molar-refractivity contribution is 0.111. The molecule has 26 heavy (non-hydrogen) atoms. The minimum Gasteiger partial charge on any atom is -0.493 e. The number of anilines is 2. The fourth-order valence-electron chi connectivity index (χ4n) is 2.02. The Balaban J connectivity index is 0.000000260. The predicted molar refractivity (Wildman–Crippen MR) is 98.7 cm³/mol. The van der Waals surface area contributed by atoms with Crippen molar-refractivity contribution in [3.8, 4) is 23.0 Å². The molecule has 0 aliphatic heterocycles. The van der Waals surface area contributed by atoms with Crippen molar-refractivity contribution >= 4 is 23.9 Å². The van der Waals surface area contributed by atoms with E-state index in [2.05, 4.69) is 0 Å². The Labute approximate surface area is 151 Å². The van der Waals surface area contributed by atoms with E-state index in [1.807, 2.05) is 0 Å². The van der Waals surface area contributed by atoms with Gasteiger partial charge in [0.2, 0.25) is 0 Å². The SMILES string of the molecule is COc1cc(N)c(C=O)cc1OC.COc1cc(N)c(C=O)cc1OC. The van der Waals surface area contributed by atoms with Crippen LogP contribution in [0.1, 0.15) is 20.7 Å². The second-order valence-electron chi connectivity index (χ2n) is 4.91. The number of carbonyl (C=O) groups is 2. The molecule has 0 aromatic heterocycles. The molecular formula is C18H22N2O6. The number of methoxy groups -OCH3 is 4. The number of ether oxygens (including phenoxy) is 4. The molecule has 2 aromatic carbocycles. The van der Waals surface area contributed by atoms with Gasteiger partial charge < -0.3 is 30.4 Å². The van der Waals surface area contributed by atoms with E-state index in [9.17, 15) is 9.59 Å². The molecule has 0 fully saturated rings. The van der Waals surface area contributed by atoms with E-state index in [1.165, 1.54) is 28.4 Å². The largest absolute Gasteiger partial charge is 0.493 e. The summed E-state index contributed by atoms with van der Waals surface area (Å²) in [6, 6.07) is 6.20. The minimum atomic E-state index is 0.382. The Kier molecular flexibility index (Phi) is 7.75. The maximum atomic E-state index is 10.5. The van der Waals surface area contributed by atoms with Crippen molar-refractivity contribution in [3.05, 3.63) is 35.4 Å². The molecule has 2 rings (SSSR count). The lowest BCUT2D eigenvalue weighted by Gasteiger charge is -2.09. The van der Waals surface area contributed by atoms with E-state index >= 15 is 0 Å².